The molecule has 0 spiro atoms. The number of carboxylic acids is 1. The molecule has 2 aromatic rings. The third-order valence-corrected chi connectivity index (χ3v) is 4.54. The van der Waals surface area contributed by atoms with Crippen LogP contribution < -0.4 is 10.6 Å². The van der Waals surface area contributed by atoms with Gasteiger partial charge in [0, 0.05) is 25.0 Å². The van der Waals surface area contributed by atoms with E-state index in [0.29, 0.717) is 11.4 Å². The Morgan fingerprint density at radius 1 is 1.33 bits per heavy atom. The Morgan fingerprint density at radius 2 is 2.11 bits per heavy atom. The number of likely N-dealkylation sites (tertiary alicyclic amines) is 1. The number of nitrogens with one attached hydrogen (secondary N) is 3. The minimum atomic E-state index is -1.05. The number of likely N-dealkylation sites (N-methyl/N-ethyl adjacent to an activating group) is 1. The van der Waals surface area contributed by atoms with E-state index in [-0.39, 0.29) is 11.6 Å². The molecule has 1 unspecified atom stereocenters. The average molecular weight is 365 g/mol. The number of pyridine rings is 1. The topological polar surface area (TPSA) is 101 Å². The largest absolute Gasteiger partial charge is 0.478 e. The molecule has 3 rings (SSSR count). The third kappa shape index (κ3) is 4.51. The lowest BCUT2D eigenvalue weighted by Crippen LogP contribution is -2.32. The first kappa shape index (κ1) is 18.6. The number of hydrogen-bond acceptors (Lipinski definition) is 6. The lowest BCUT2D eigenvalue weighted by Gasteiger charge is -2.21. The van der Waals surface area contributed by atoms with Gasteiger partial charge in [0.05, 0.1) is 28.8 Å². The molecule has 7 nitrogen and oxygen atoms in total. The average Bonchev–Trinajstić information content (AvgIpc) is 3.10. The molecule has 140 valence electrons. The summed E-state index contributed by atoms with van der Waals surface area (Å²) in [5.74, 6) is -1.05. The van der Waals surface area contributed by atoms with Gasteiger partial charge < -0.3 is 26.0 Å². The van der Waals surface area contributed by atoms with E-state index in [0.717, 1.165) is 30.8 Å². The zero-order valence-corrected chi connectivity index (χ0v) is 15.1. The van der Waals surface area contributed by atoms with Crippen molar-refractivity contribution in [3.63, 3.8) is 0 Å². The highest BCUT2D eigenvalue weighted by Crippen LogP contribution is 2.22. The number of aromatic carboxylic acids is 1. The van der Waals surface area contributed by atoms with Crippen LogP contribution in [0.25, 0.3) is 5.70 Å². The minimum absolute atomic E-state index is 0.109. The van der Waals surface area contributed by atoms with Crippen molar-refractivity contribution in [1.82, 2.24) is 15.2 Å². The van der Waals surface area contributed by atoms with Gasteiger partial charge >= 0.3 is 5.97 Å². The lowest BCUT2D eigenvalue weighted by atomic mass is 10.1. The van der Waals surface area contributed by atoms with Gasteiger partial charge in [0.1, 0.15) is 0 Å². The maximum absolute atomic E-state index is 11.5. The highest BCUT2D eigenvalue weighted by atomic mass is 16.4. The van der Waals surface area contributed by atoms with Crippen LogP contribution in [0.15, 0.2) is 54.5 Å². The molecule has 1 aliphatic heterocycles. The summed E-state index contributed by atoms with van der Waals surface area (Å²) in [5, 5.41) is 23.9. The van der Waals surface area contributed by atoms with Gasteiger partial charge in [-0.1, -0.05) is 30.3 Å². The second kappa shape index (κ2) is 8.46. The first-order valence-corrected chi connectivity index (χ1v) is 8.78. The summed E-state index contributed by atoms with van der Waals surface area (Å²) in [5.41, 5.74) is 2.65. The summed E-state index contributed by atoms with van der Waals surface area (Å²) in [6.45, 7) is 1.92. The fourth-order valence-electron chi connectivity index (χ4n) is 3.17. The predicted octanol–water partition coefficient (Wildman–Crippen LogP) is 2.50. The number of aromatic nitrogens is 1. The molecule has 27 heavy (non-hydrogen) atoms. The van der Waals surface area contributed by atoms with Crippen molar-refractivity contribution >= 4 is 23.6 Å². The normalized spacial score (nSPS) is 17.9. The fraction of sp³-hybridized carbons (Fsp3) is 0.250. The van der Waals surface area contributed by atoms with E-state index in [1.165, 1.54) is 24.7 Å². The van der Waals surface area contributed by atoms with Crippen molar-refractivity contribution in [1.29, 1.82) is 5.41 Å². The molecule has 4 N–H and O–H groups in total. The van der Waals surface area contributed by atoms with Gasteiger partial charge in [-0.05, 0) is 31.6 Å². The molecule has 7 heteroatoms. The van der Waals surface area contributed by atoms with Gasteiger partial charge in [0.15, 0.2) is 0 Å². The molecule has 1 saturated heterocycles. The Kier molecular flexibility index (Phi) is 5.83. The first-order chi connectivity index (χ1) is 13.1. The number of rotatable bonds is 7. The summed E-state index contributed by atoms with van der Waals surface area (Å²) < 4.78 is 0. The Labute approximate surface area is 158 Å². The second-order valence-corrected chi connectivity index (χ2v) is 6.54. The maximum Gasteiger partial charge on any atom is 0.337 e. The molecule has 1 aromatic heterocycles. The Hall–Kier alpha value is -3.19. The molecule has 2 heterocycles. The van der Waals surface area contributed by atoms with Crippen molar-refractivity contribution in [2.24, 2.45) is 0 Å². The number of allylic oxidation sites excluding steroid dienone is 1. The van der Waals surface area contributed by atoms with Crippen LogP contribution in [-0.4, -0.2) is 53.4 Å². The zero-order chi connectivity index (χ0) is 19.2. The summed E-state index contributed by atoms with van der Waals surface area (Å²) in [4.78, 5) is 17.7. The van der Waals surface area contributed by atoms with Crippen LogP contribution in [-0.2, 0) is 0 Å². The molecule has 1 aromatic carbocycles. The molecule has 0 aliphatic carbocycles. The molecule has 1 aliphatic rings. The van der Waals surface area contributed by atoms with Crippen LogP contribution in [0.2, 0.25) is 0 Å². The van der Waals surface area contributed by atoms with Crippen molar-refractivity contribution in [2.45, 2.75) is 12.5 Å². The quantitative estimate of drug-likeness (QED) is 0.563. The van der Waals surface area contributed by atoms with Gasteiger partial charge in [-0.3, -0.25) is 4.98 Å². The van der Waals surface area contributed by atoms with Gasteiger partial charge in [-0.25, -0.2) is 4.79 Å². The van der Waals surface area contributed by atoms with E-state index < -0.39 is 5.97 Å². The Bertz CT molecular complexity index is 850. The van der Waals surface area contributed by atoms with Crippen LogP contribution in [0.5, 0.6) is 0 Å². The van der Waals surface area contributed by atoms with E-state index in [1.807, 2.05) is 30.3 Å². The van der Waals surface area contributed by atoms with Gasteiger partial charge in [0.25, 0.3) is 0 Å². The Balaban J connectivity index is 1.99. The van der Waals surface area contributed by atoms with Crippen LogP contribution in [0.3, 0.4) is 0 Å². The molecule has 1 atom stereocenters. The monoisotopic (exact) mass is 365 g/mol. The summed E-state index contributed by atoms with van der Waals surface area (Å²) in [6, 6.07) is 11.4. The number of nitrogens with zero attached hydrogens (tertiary/aromatic N) is 2. The van der Waals surface area contributed by atoms with Crippen LogP contribution in [0.4, 0.5) is 5.69 Å². The van der Waals surface area contributed by atoms with Crippen LogP contribution >= 0.6 is 0 Å². The van der Waals surface area contributed by atoms with E-state index in [4.69, 9.17) is 5.41 Å². The smallest absolute Gasteiger partial charge is 0.337 e. The molecule has 0 radical (unpaired) electrons. The van der Waals surface area contributed by atoms with Gasteiger partial charge in [-0.2, -0.15) is 0 Å². The van der Waals surface area contributed by atoms with Crippen LogP contribution in [0.1, 0.15) is 22.3 Å². The number of anilines is 1. The van der Waals surface area contributed by atoms with Crippen molar-refractivity contribution < 1.29 is 9.90 Å². The zero-order valence-electron chi connectivity index (χ0n) is 15.1. The molecule has 0 amide bonds. The van der Waals surface area contributed by atoms with E-state index >= 15 is 0 Å². The first-order valence-electron chi connectivity index (χ1n) is 8.78. The molecular weight excluding hydrogens is 342 g/mol. The summed E-state index contributed by atoms with van der Waals surface area (Å²) in [7, 11) is 2.08. The molecular formula is C20H23N5O2. The number of benzene rings is 1. The van der Waals surface area contributed by atoms with E-state index in [9.17, 15) is 9.90 Å². The van der Waals surface area contributed by atoms with Gasteiger partial charge in [-0.15, -0.1) is 0 Å². The summed E-state index contributed by atoms with van der Waals surface area (Å²) in [6.07, 6.45) is 5.10. The van der Waals surface area contributed by atoms with E-state index in [1.54, 1.807) is 0 Å². The maximum atomic E-state index is 11.5. The highest BCUT2D eigenvalue weighted by molar-refractivity contribution is 5.98. The fourth-order valence-corrected chi connectivity index (χ4v) is 3.17. The second-order valence-electron chi connectivity index (χ2n) is 6.54. The SMILES string of the molecule is CN1CCC(N/C(=C(\C=N)Nc2cnccc2C(=O)O)c2ccccc2)C1. The molecule has 1 fully saturated rings. The predicted molar refractivity (Wildman–Crippen MR) is 106 cm³/mol. The van der Waals surface area contributed by atoms with Crippen molar-refractivity contribution in [2.75, 3.05) is 25.5 Å². The summed E-state index contributed by atoms with van der Waals surface area (Å²) >= 11 is 0. The van der Waals surface area contributed by atoms with E-state index in [2.05, 4.69) is 27.6 Å². The Morgan fingerprint density at radius 3 is 2.74 bits per heavy atom. The number of carboxylic acid groups (broad SMARTS) is 1. The minimum Gasteiger partial charge on any atom is -0.478 e. The lowest BCUT2D eigenvalue weighted by molar-refractivity contribution is 0.0698. The number of carbonyl (C=O) groups is 1. The van der Waals surface area contributed by atoms with Gasteiger partial charge in [0.2, 0.25) is 0 Å². The standard InChI is InChI=1S/C20H23N5O2/c1-25-10-8-15(13-25)23-19(14-5-3-2-4-6-14)17(11-21)24-18-12-22-9-7-16(18)20(26)27/h2-7,9,11-12,15,21,23-24H,8,10,13H2,1H3,(H,26,27)/b19-17+,21-11?. The highest BCUT2D eigenvalue weighted by Gasteiger charge is 2.22. The third-order valence-electron chi connectivity index (χ3n) is 4.54. The molecule has 0 saturated carbocycles. The molecule has 0 bridgehead atoms. The van der Waals surface area contributed by atoms with Crippen molar-refractivity contribution in [3.8, 4) is 0 Å². The van der Waals surface area contributed by atoms with Crippen LogP contribution in [0, 0.1) is 5.41 Å². The number of hydrogen-bond donors (Lipinski definition) is 4. The van der Waals surface area contributed by atoms with Crippen molar-refractivity contribution in [3.05, 3.63) is 65.6 Å².